The van der Waals surface area contributed by atoms with Crippen molar-refractivity contribution in [3.05, 3.63) is 90.9 Å². The van der Waals surface area contributed by atoms with Crippen LogP contribution in [0.1, 0.15) is 5.69 Å². The normalized spacial score (nSPS) is 11.6. The third-order valence-corrected chi connectivity index (χ3v) is 6.46. The number of aryl methyl sites for hydroxylation is 1. The number of anilines is 2. The van der Waals surface area contributed by atoms with E-state index in [1.807, 2.05) is 6.07 Å². The van der Waals surface area contributed by atoms with Gasteiger partial charge in [-0.2, -0.15) is 13.2 Å². The third-order valence-electron chi connectivity index (χ3n) is 6.46. The maximum atomic E-state index is 14.8. The largest absolute Gasteiger partial charge is 0.493 e. The van der Waals surface area contributed by atoms with E-state index in [0.717, 1.165) is 11.1 Å². The summed E-state index contributed by atoms with van der Waals surface area (Å²) in [5.74, 6) is 0.811. The number of aromatic amines is 1. The molecule has 0 radical (unpaired) electrons. The molecule has 4 aromatic heterocycles. The van der Waals surface area contributed by atoms with Gasteiger partial charge >= 0.3 is 6.18 Å². The molecule has 212 valence electrons. The fraction of sp³-hybridized carbons (Fsp3) is 0.103. The number of fused-ring (bicyclic) bond motifs is 1. The number of nitrogens with one attached hydrogen (secondary N) is 2. The van der Waals surface area contributed by atoms with Crippen molar-refractivity contribution in [3.8, 4) is 39.9 Å². The number of aromatic nitrogens is 6. The maximum absolute atomic E-state index is 14.8. The number of benzene rings is 2. The van der Waals surface area contributed by atoms with Gasteiger partial charge in [0.05, 0.1) is 30.0 Å². The average Bonchev–Trinajstić information content (AvgIpc) is 3.60. The van der Waals surface area contributed by atoms with E-state index in [2.05, 4.69) is 30.2 Å². The van der Waals surface area contributed by atoms with Crippen LogP contribution in [-0.4, -0.2) is 36.6 Å². The number of nitrogens with zero attached hydrogens (tertiary/aromatic N) is 5. The number of halogens is 4. The number of rotatable bonds is 7. The Kier molecular flexibility index (Phi) is 6.69. The molecule has 0 bridgehead atoms. The van der Waals surface area contributed by atoms with Crippen molar-refractivity contribution in [2.75, 3.05) is 12.4 Å². The first-order valence-electron chi connectivity index (χ1n) is 12.5. The molecule has 0 saturated carbocycles. The Balaban J connectivity index is 1.30. The van der Waals surface area contributed by atoms with Gasteiger partial charge in [-0.25, -0.2) is 14.4 Å². The van der Waals surface area contributed by atoms with Gasteiger partial charge in [0.25, 0.3) is 0 Å². The van der Waals surface area contributed by atoms with E-state index in [1.54, 1.807) is 60.4 Å². The van der Waals surface area contributed by atoms with Gasteiger partial charge in [-0.3, -0.25) is 9.97 Å². The molecule has 6 rings (SSSR count). The molecular weight excluding hydrogens is 554 g/mol. The zero-order chi connectivity index (χ0) is 29.4. The van der Waals surface area contributed by atoms with Crippen LogP contribution < -0.4 is 14.8 Å². The summed E-state index contributed by atoms with van der Waals surface area (Å²) < 4.78 is 67.1. The van der Waals surface area contributed by atoms with E-state index in [0.29, 0.717) is 34.7 Å². The van der Waals surface area contributed by atoms with Crippen molar-refractivity contribution >= 4 is 22.7 Å². The lowest BCUT2D eigenvalue weighted by Gasteiger charge is -2.11. The molecule has 0 amide bonds. The molecule has 0 aliphatic heterocycles. The predicted octanol–water partition coefficient (Wildman–Crippen LogP) is 7.12. The number of pyridine rings is 2. The number of alkyl halides is 3. The summed E-state index contributed by atoms with van der Waals surface area (Å²) in [5.41, 5.74) is 2.22. The molecule has 0 aliphatic carbocycles. The lowest BCUT2D eigenvalue weighted by Crippen LogP contribution is -2.04. The summed E-state index contributed by atoms with van der Waals surface area (Å²) in [6.07, 6.45) is 0.891. The highest BCUT2D eigenvalue weighted by Crippen LogP contribution is 2.38. The summed E-state index contributed by atoms with van der Waals surface area (Å²) in [4.78, 5) is 18.8. The van der Waals surface area contributed by atoms with Crippen LogP contribution in [0.15, 0.2) is 79.4 Å². The van der Waals surface area contributed by atoms with E-state index >= 15 is 0 Å². The Hall–Kier alpha value is -5.46. The minimum Gasteiger partial charge on any atom is -0.493 e. The second-order valence-corrected chi connectivity index (χ2v) is 9.17. The highest BCUT2D eigenvalue weighted by molar-refractivity contribution is 5.84. The van der Waals surface area contributed by atoms with Gasteiger partial charge in [-0.15, -0.1) is 0 Å². The van der Waals surface area contributed by atoms with Crippen molar-refractivity contribution in [1.82, 2.24) is 29.5 Å². The number of H-pyrrole nitrogens is 1. The van der Waals surface area contributed by atoms with Gasteiger partial charge < -0.3 is 24.3 Å². The van der Waals surface area contributed by atoms with Gasteiger partial charge in [0.2, 0.25) is 5.95 Å². The van der Waals surface area contributed by atoms with Gasteiger partial charge in [0.15, 0.2) is 17.3 Å². The van der Waals surface area contributed by atoms with E-state index in [-0.39, 0.29) is 23.0 Å². The van der Waals surface area contributed by atoms with Crippen LogP contribution in [0.2, 0.25) is 0 Å². The molecule has 9 nitrogen and oxygen atoms in total. The van der Waals surface area contributed by atoms with Crippen molar-refractivity contribution < 1.29 is 27.0 Å². The molecule has 0 saturated heterocycles. The minimum absolute atomic E-state index is 0.0598. The topological polar surface area (TPSA) is 103 Å². The Morgan fingerprint density at radius 3 is 2.52 bits per heavy atom. The monoisotopic (exact) mass is 575 g/mol. The highest BCUT2D eigenvalue weighted by Gasteiger charge is 2.33. The summed E-state index contributed by atoms with van der Waals surface area (Å²) in [5, 5.41) is 3.06. The number of imidazole rings is 2. The summed E-state index contributed by atoms with van der Waals surface area (Å²) >= 11 is 0. The molecular formula is C29H21F4N7O2. The van der Waals surface area contributed by atoms with Crippen LogP contribution in [0.4, 0.5) is 29.2 Å². The average molecular weight is 576 g/mol. The number of methoxy groups -OCH3 is 1. The van der Waals surface area contributed by atoms with Gasteiger partial charge in [0, 0.05) is 49.4 Å². The van der Waals surface area contributed by atoms with Gasteiger partial charge in [-0.05, 0) is 29.8 Å². The Labute approximate surface area is 235 Å². The van der Waals surface area contributed by atoms with Gasteiger partial charge in [0.1, 0.15) is 23.0 Å². The minimum atomic E-state index is -4.56. The zero-order valence-corrected chi connectivity index (χ0v) is 22.1. The molecule has 42 heavy (non-hydrogen) atoms. The molecule has 6 aromatic rings. The quantitative estimate of drug-likeness (QED) is 0.195. The van der Waals surface area contributed by atoms with Crippen LogP contribution in [-0.2, 0) is 13.2 Å². The smallest absolute Gasteiger partial charge is 0.432 e. The van der Waals surface area contributed by atoms with Crippen LogP contribution in [0, 0.1) is 5.82 Å². The molecule has 2 aromatic carbocycles. The van der Waals surface area contributed by atoms with E-state index in [1.165, 1.54) is 25.4 Å². The Morgan fingerprint density at radius 2 is 1.79 bits per heavy atom. The van der Waals surface area contributed by atoms with Crippen molar-refractivity contribution in [1.29, 1.82) is 0 Å². The van der Waals surface area contributed by atoms with Crippen molar-refractivity contribution in [2.24, 2.45) is 7.05 Å². The second-order valence-electron chi connectivity index (χ2n) is 9.17. The van der Waals surface area contributed by atoms with Crippen molar-refractivity contribution in [3.63, 3.8) is 0 Å². The SMILES string of the molecule is COc1cc2c(cc1Oc1ccnc(-c3ncc(C(F)(F)F)[nH]3)c1)nc(Nc1cc(-c3cccnc3)ccc1F)n2C. The first kappa shape index (κ1) is 26.7. The highest BCUT2D eigenvalue weighted by atomic mass is 19.4. The number of hydrogen-bond donors (Lipinski definition) is 2. The van der Waals surface area contributed by atoms with E-state index < -0.39 is 17.7 Å². The van der Waals surface area contributed by atoms with E-state index in [9.17, 15) is 17.6 Å². The Morgan fingerprint density at radius 1 is 0.929 bits per heavy atom. The van der Waals surface area contributed by atoms with Crippen LogP contribution in [0.3, 0.4) is 0 Å². The number of ether oxygens (including phenoxy) is 2. The van der Waals surface area contributed by atoms with Crippen molar-refractivity contribution in [2.45, 2.75) is 6.18 Å². The summed E-state index contributed by atoms with van der Waals surface area (Å²) in [6.45, 7) is 0. The molecule has 4 heterocycles. The fourth-order valence-electron chi connectivity index (χ4n) is 4.33. The predicted molar refractivity (Wildman–Crippen MR) is 147 cm³/mol. The molecule has 0 unspecified atom stereocenters. The summed E-state index contributed by atoms with van der Waals surface area (Å²) in [6, 6.07) is 14.8. The third kappa shape index (κ3) is 5.19. The molecule has 0 aliphatic rings. The van der Waals surface area contributed by atoms with Crippen LogP contribution >= 0.6 is 0 Å². The summed E-state index contributed by atoms with van der Waals surface area (Å²) in [7, 11) is 3.25. The van der Waals surface area contributed by atoms with Crippen LogP contribution in [0.5, 0.6) is 17.2 Å². The zero-order valence-electron chi connectivity index (χ0n) is 22.1. The maximum Gasteiger partial charge on any atom is 0.432 e. The molecule has 0 atom stereocenters. The fourth-order valence-corrected chi connectivity index (χ4v) is 4.33. The molecule has 0 spiro atoms. The lowest BCUT2D eigenvalue weighted by molar-refractivity contribution is -0.140. The molecule has 2 N–H and O–H groups in total. The van der Waals surface area contributed by atoms with Gasteiger partial charge in [-0.1, -0.05) is 12.1 Å². The number of hydrogen-bond acceptors (Lipinski definition) is 7. The lowest BCUT2D eigenvalue weighted by atomic mass is 10.1. The van der Waals surface area contributed by atoms with Crippen LogP contribution in [0.25, 0.3) is 33.7 Å². The Bertz CT molecular complexity index is 1900. The standard InChI is InChI=1S/C29H21F4N7O2/c1-40-23-13-24(41-2)25(42-18-7-9-35-22(11-18)27-36-15-26(39-27)29(31,32)33)12-21(23)38-28(40)37-20-10-16(5-6-19(20)30)17-4-3-8-34-14-17/h3-15H,1-2H3,(H,36,39)(H,37,38). The first-order valence-corrected chi connectivity index (χ1v) is 12.5. The molecule has 0 fully saturated rings. The molecule has 13 heteroatoms. The second kappa shape index (κ2) is 10.5. The van der Waals surface area contributed by atoms with E-state index in [4.69, 9.17) is 9.47 Å². The first-order chi connectivity index (χ1) is 20.2.